The van der Waals surface area contributed by atoms with Gasteiger partial charge in [-0.2, -0.15) is 4.31 Å². The van der Waals surface area contributed by atoms with Crippen molar-refractivity contribution in [1.29, 1.82) is 0 Å². The Labute approximate surface area is 170 Å². The molecular formula is C20H23ClN2O4S. The summed E-state index contributed by atoms with van der Waals surface area (Å²) in [6.07, 6.45) is 1.73. The van der Waals surface area contributed by atoms with Crippen molar-refractivity contribution in [3.8, 4) is 5.75 Å². The Bertz CT molecular complexity index is 939. The molecule has 3 rings (SSSR count). The molecule has 8 heteroatoms. The maximum absolute atomic E-state index is 12.8. The molecule has 1 heterocycles. The number of carbonyl (C=O) groups excluding carboxylic acids is 1. The zero-order chi connectivity index (χ0) is 20.1. The second kappa shape index (κ2) is 8.94. The summed E-state index contributed by atoms with van der Waals surface area (Å²) in [5.41, 5.74) is 0.949. The first-order valence-electron chi connectivity index (χ1n) is 9.15. The Morgan fingerprint density at radius 2 is 1.82 bits per heavy atom. The number of aryl methyl sites for hydroxylation is 1. The topological polar surface area (TPSA) is 75.7 Å². The van der Waals surface area contributed by atoms with Gasteiger partial charge in [-0.25, -0.2) is 8.42 Å². The third-order valence-corrected chi connectivity index (χ3v) is 6.90. The summed E-state index contributed by atoms with van der Waals surface area (Å²) in [4.78, 5) is 12.6. The number of hydrogen-bond donors (Lipinski definition) is 1. The van der Waals surface area contributed by atoms with E-state index in [-0.39, 0.29) is 17.4 Å². The number of nitrogens with zero attached hydrogens (tertiary/aromatic N) is 1. The first-order valence-corrected chi connectivity index (χ1v) is 11.0. The summed E-state index contributed by atoms with van der Waals surface area (Å²) < 4.78 is 32.7. The van der Waals surface area contributed by atoms with Crippen LogP contribution in [0.15, 0.2) is 47.4 Å². The lowest BCUT2D eigenvalue weighted by atomic mass is 10.1. The molecule has 0 unspecified atom stereocenters. The van der Waals surface area contributed by atoms with Gasteiger partial charge in [0.2, 0.25) is 10.0 Å². The highest BCUT2D eigenvalue weighted by Crippen LogP contribution is 2.24. The number of amides is 1. The first kappa shape index (κ1) is 20.6. The highest BCUT2D eigenvalue weighted by molar-refractivity contribution is 7.89. The Hall–Kier alpha value is -2.09. The molecule has 1 fully saturated rings. The highest BCUT2D eigenvalue weighted by Gasteiger charge is 2.29. The standard InChI is InChI=1S/C20H23ClN2O4S/c1-15-4-5-16(14-19(15)28(25,26)23-11-2-3-12-23)20(24)22-10-13-27-18-8-6-17(21)7-9-18/h4-9,14H,2-3,10-13H2,1H3,(H,22,24). The van der Waals surface area contributed by atoms with Gasteiger partial charge in [0.1, 0.15) is 12.4 Å². The van der Waals surface area contributed by atoms with Gasteiger partial charge in [0, 0.05) is 23.7 Å². The fourth-order valence-electron chi connectivity index (χ4n) is 3.05. The molecular weight excluding hydrogens is 400 g/mol. The summed E-state index contributed by atoms with van der Waals surface area (Å²) in [5.74, 6) is 0.325. The third kappa shape index (κ3) is 4.84. The molecule has 0 bridgehead atoms. The SMILES string of the molecule is Cc1ccc(C(=O)NCCOc2ccc(Cl)cc2)cc1S(=O)(=O)N1CCCC1. The van der Waals surface area contributed by atoms with Crippen molar-refractivity contribution >= 4 is 27.5 Å². The van der Waals surface area contributed by atoms with Crippen LogP contribution >= 0.6 is 11.6 Å². The van der Waals surface area contributed by atoms with Gasteiger partial charge >= 0.3 is 0 Å². The highest BCUT2D eigenvalue weighted by atomic mass is 35.5. The van der Waals surface area contributed by atoms with Gasteiger partial charge < -0.3 is 10.1 Å². The molecule has 1 aliphatic rings. The van der Waals surface area contributed by atoms with E-state index in [1.807, 2.05) is 0 Å². The van der Waals surface area contributed by atoms with E-state index in [0.29, 0.717) is 41.5 Å². The van der Waals surface area contributed by atoms with E-state index in [9.17, 15) is 13.2 Å². The predicted octanol–water partition coefficient (Wildman–Crippen LogP) is 3.24. The van der Waals surface area contributed by atoms with Gasteiger partial charge in [-0.1, -0.05) is 17.7 Å². The fourth-order valence-corrected chi connectivity index (χ4v) is 4.95. The lowest BCUT2D eigenvalue weighted by molar-refractivity contribution is 0.0947. The molecule has 1 amide bonds. The van der Waals surface area contributed by atoms with Gasteiger partial charge in [-0.3, -0.25) is 4.79 Å². The van der Waals surface area contributed by atoms with E-state index in [4.69, 9.17) is 16.3 Å². The van der Waals surface area contributed by atoms with Crippen LogP contribution in [0.4, 0.5) is 0 Å². The van der Waals surface area contributed by atoms with Crippen LogP contribution in [0.25, 0.3) is 0 Å². The smallest absolute Gasteiger partial charge is 0.251 e. The van der Waals surface area contributed by atoms with Crippen molar-refractivity contribution in [2.24, 2.45) is 0 Å². The van der Waals surface area contributed by atoms with Gasteiger partial charge in [0.25, 0.3) is 5.91 Å². The molecule has 2 aromatic carbocycles. The number of carbonyl (C=O) groups is 1. The van der Waals surface area contributed by atoms with Crippen LogP contribution < -0.4 is 10.1 Å². The molecule has 0 aromatic heterocycles. The van der Waals surface area contributed by atoms with Crippen LogP contribution in [0.2, 0.25) is 5.02 Å². The number of sulfonamides is 1. The molecule has 0 spiro atoms. The third-order valence-electron chi connectivity index (χ3n) is 4.60. The van der Waals surface area contributed by atoms with Crippen LogP contribution in [0, 0.1) is 6.92 Å². The molecule has 1 aliphatic heterocycles. The van der Waals surface area contributed by atoms with Crippen LogP contribution in [-0.4, -0.2) is 44.9 Å². The summed E-state index contributed by atoms with van der Waals surface area (Å²) in [5, 5.41) is 3.37. The molecule has 0 saturated carbocycles. The minimum absolute atomic E-state index is 0.194. The molecule has 2 aromatic rings. The average molecular weight is 423 g/mol. The summed E-state index contributed by atoms with van der Waals surface area (Å²) in [6, 6.07) is 11.7. The zero-order valence-electron chi connectivity index (χ0n) is 15.7. The molecule has 1 saturated heterocycles. The quantitative estimate of drug-likeness (QED) is 0.695. The molecule has 0 atom stereocenters. The van der Waals surface area contributed by atoms with E-state index in [1.54, 1.807) is 43.3 Å². The number of halogens is 1. The molecule has 28 heavy (non-hydrogen) atoms. The Kier molecular flexibility index (Phi) is 6.59. The first-order chi connectivity index (χ1) is 13.4. The van der Waals surface area contributed by atoms with Crippen LogP contribution in [0.3, 0.4) is 0 Å². The number of benzene rings is 2. The Morgan fingerprint density at radius 3 is 2.50 bits per heavy atom. The largest absolute Gasteiger partial charge is 0.492 e. The van der Waals surface area contributed by atoms with Gasteiger partial charge in [0.15, 0.2) is 0 Å². The minimum Gasteiger partial charge on any atom is -0.492 e. The summed E-state index contributed by atoms with van der Waals surface area (Å²) in [6.45, 7) is 3.38. The second-order valence-electron chi connectivity index (χ2n) is 6.65. The number of ether oxygens (including phenoxy) is 1. The van der Waals surface area contributed by atoms with Crippen molar-refractivity contribution in [3.05, 3.63) is 58.6 Å². The summed E-state index contributed by atoms with van der Waals surface area (Å²) in [7, 11) is -3.57. The average Bonchev–Trinajstić information content (AvgIpc) is 3.22. The van der Waals surface area contributed by atoms with Crippen molar-refractivity contribution in [2.75, 3.05) is 26.2 Å². The molecule has 6 nitrogen and oxygen atoms in total. The van der Waals surface area contributed by atoms with E-state index in [2.05, 4.69) is 5.32 Å². The van der Waals surface area contributed by atoms with Gasteiger partial charge in [0.05, 0.1) is 11.4 Å². The number of nitrogens with one attached hydrogen (secondary N) is 1. The van der Waals surface area contributed by atoms with E-state index in [0.717, 1.165) is 12.8 Å². The van der Waals surface area contributed by atoms with Gasteiger partial charge in [-0.15, -0.1) is 0 Å². The van der Waals surface area contributed by atoms with Crippen molar-refractivity contribution in [3.63, 3.8) is 0 Å². The predicted molar refractivity (Wildman–Crippen MR) is 108 cm³/mol. The second-order valence-corrected chi connectivity index (χ2v) is 8.99. The van der Waals surface area contributed by atoms with E-state index >= 15 is 0 Å². The maximum Gasteiger partial charge on any atom is 0.251 e. The van der Waals surface area contributed by atoms with E-state index < -0.39 is 10.0 Å². The lowest BCUT2D eigenvalue weighted by Gasteiger charge is -2.18. The van der Waals surface area contributed by atoms with Crippen molar-refractivity contribution in [1.82, 2.24) is 9.62 Å². The van der Waals surface area contributed by atoms with Crippen molar-refractivity contribution in [2.45, 2.75) is 24.7 Å². The molecule has 0 radical (unpaired) electrons. The Morgan fingerprint density at radius 1 is 1.14 bits per heavy atom. The summed E-state index contributed by atoms with van der Waals surface area (Å²) >= 11 is 5.82. The van der Waals surface area contributed by atoms with Crippen molar-refractivity contribution < 1.29 is 17.9 Å². The number of rotatable bonds is 7. The molecule has 150 valence electrons. The van der Waals surface area contributed by atoms with Crippen LogP contribution in [0.1, 0.15) is 28.8 Å². The van der Waals surface area contributed by atoms with E-state index in [1.165, 1.54) is 10.4 Å². The minimum atomic E-state index is -3.57. The number of hydrogen-bond acceptors (Lipinski definition) is 4. The maximum atomic E-state index is 12.8. The lowest BCUT2D eigenvalue weighted by Crippen LogP contribution is -2.30. The Balaban J connectivity index is 1.61. The van der Waals surface area contributed by atoms with Crippen LogP contribution in [-0.2, 0) is 10.0 Å². The molecule has 1 N–H and O–H groups in total. The fraction of sp³-hybridized carbons (Fsp3) is 0.350. The molecule has 0 aliphatic carbocycles. The zero-order valence-corrected chi connectivity index (χ0v) is 17.2. The van der Waals surface area contributed by atoms with Gasteiger partial charge in [-0.05, 0) is 61.7 Å². The monoisotopic (exact) mass is 422 g/mol. The normalized spacial score (nSPS) is 14.8. The van der Waals surface area contributed by atoms with Crippen LogP contribution in [0.5, 0.6) is 5.75 Å².